The molecule has 2 rings (SSSR count). The molecule has 2 aromatic rings. The van der Waals surface area contributed by atoms with Crippen LogP contribution in [0.4, 0.5) is 5.95 Å². The molecule has 0 unspecified atom stereocenters. The van der Waals surface area contributed by atoms with Gasteiger partial charge in [-0.25, -0.2) is 9.97 Å². The van der Waals surface area contributed by atoms with Crippen LogP contribution in [0, 0.1) is 0 Å². The van der Waals surface area contributed by atoms with Crippen molar-refractivity contribution < 1.29 is 0 Å². The topological polar surface area (TPSA) is 66.5 Å². The Bertz CT molecular complexity index is 337. The molecule has 0 atom stereocenters. The van der Waals surface area contributed by atoms with E-state index in [2.05, 4.69) is 23.5 Å². The molecule has 0 aliphatic carbocycles. The van der Waals surface area contributed by atoms with E-state index in [1.54, 1.807) is 6.20 Å². The first-order valence-electron chi connectivity index (χ1n) is 2.92. The van der Waals surface area contributed by atoms with E-state index in [0.717, 1.165) is 5.52 Å². The normalized spacial score (nSPS) is 10.3. The number of H-pyrrole nitrogens is 1. The van der Waals surface area contributed by atoms with E-state index in [4.69, 9.17) is 0 Å². The molecule has 0 amide bonds. The lowest BCUT2D eigenvalue weighted by molar-refractivity contribution is 1.20. The summed E-state index contributed by atoms with van der Waals surface area (Å²) in [4.78, 5) is 14.9. The predicted octanol–water partition coefficient (Wildman–Crippen LogP) is 1.11. The lowest BCUT2D eigenvalue weighted by Crippen LogP contribution is -1.79. The highest BCUT2D eigenvalue weighted by Gasteiger charge is 1.99. The molecular weight excluding hydrogens is 257 g/mol. The first-order valence-corrected chi connectivity index (χ1v) is 4.00. The molecule has 0 saturated heterocycles. The van der Waals surface area contributed by atoms with Crippen molar-refractivity contribution in [2.24, 2.45) is 0 Å². The number of hydrogen-bond acceptors (Lipinski definition) is 4. The summed E-state index contributed by atoms with van der Waals surface area (Å²) < 4.78 is 2.85. The maximum Gasteiger partial charge on any atom is 0.211 e. The maximum atomic E-state index is 4.11. The second-order valence-corrected chi connectivity index (χ2v) is 2.48. The molecule has 0 saturated carbocycles. The summed E-state index contributed by atoms with van der Waals surface area (Å²) in [5.74, 6) is 0.695. The predicted molar refractivity (Wildman–Crippen MR) is 49.3 cm³/mol. The van der Waals surface area contributed by atoms with Gasteiger partial charge in [0, 0.05) is 0 Å². The van der Waals surface area contributed by atoms with Gasteiger partial charge in [0.15, 0.2) is 5.65 Å². The standard InChI is InChI=1S/C5H4IN5/c6-11-5-9-3-1-7-2-8-4(3)10-5/h1-2H,(H2,7,8,9,10,11). The summed E-state index contributed by atoms with van der Waals surface area (Å²) in [6.07, 6.45) is 3.16. The number of rotatable bonds is 1. The molecule has 5 nitrogen and oxygen atoms in total. The van der Waals surface area contributed by atoms with E-state index in [9.17, 15) is 0 Å². The minimum Gasteiger partial charge on any atom is -0.321 e. The molecule has 0 aromatic carbocycles. The van der Waals surface area contributed by atoms with Crippen LogP contribution in [-0.4, -0.2) is 19.9 Å². The van der Waals surface area contributed by atoms with E-state index < -0.39 is 0 Å². The highest BCUT2D eigenvalue weighted by atomic mass is 127. The number of imidazole rings is 1. The second-order valence-electron chi connectivity index (χ2n) is 1.94. The van der Waals surface area contributed by atoms with E-state index in [-0.39, 0.29) is 0 Å². The van der Waals surface area contributed by atoms with Crippen molar-refractivity contribution in [3.63, 3.8) is 0 Å². The van der Waals surface area contributed by atoms with Crippen molar-refractivity contribution in [2.75, 3.05) is 3.53 Å². The van der Waals surface area contributed by atoms with Gasteiger partial charge in [-0.1, -0.05) is 0 Å². The Kier molecular flexibility index (Phi) is 1.60. The molecule has 2 N–H and O–H groups in total. The Morgan fingerprint density at radius 2 is 2.45 bits per heavy atom. The largest absolute Gasteiger partial charge is 0.321 e. The van der Waals surface area contributed by atoms with Crippen molar-refractivity contribution in [1.82, 2.24) is 19.9 Å². The van der Waals surface area contributed by atoms with Crippen LogP contribution in [0.25, 0.3) is 11.2 Å². The van der Waals surface area contributed by atoms with Gasteiger partial charge >= 0.3 is 0 Å². The lowest BCUT2D eigenvalue weighted by Gasteiger charge is -1.83. The van der Waals surface area contributed by atoms with Crippen LogP contribution in [0.2, 0.25) is 0 Å². The van der Waals surface area contributed by atoms with E-state index in [0.29, 0.717) is 11.6 Å². The number of nitrogens with zero attached hydrogens (tertiary/aromatic N) is 3. The van der Waals surface area contributed by atoms with Crippen LogP contribution in [0.15, 0.2) is 12.5 Å². The fourth-order valence-corrected chi connectivity index (χ4v) is 1.06. The second kappa shape index (κ2) is 2.61. The third-order valence-corrected chi connectivity index (χ3v) is 1.76. The van der Waals surface area contributed by atoms with Gasteiger partial charge in [-0.2, -0.15) is 4.98 Å². The maximum absolute atomic E-state index is 4.11. The van der Waals surface area contributed by atoms with Gasteiger partial charge in [-0.15, -0.1) is 0 Å². The van der Waals surface area contributed by atoms with Gasteiger partial charge in [0.2, 0.25) is 5.95 Å². The molecule has 0 aliphatic rings. The number of anilines is 1. The summed E-state index contributed by atoms with van der Waals surface area (Å²) in [6.45, 7) is 0. The Morgan fingerprint density at radius 1 is 1.55 bits per heavy atom. The third-order valence-electron chi connectivity index (χ3n) is 1.25. The van der Waals surface area contributed by atoms with Crippen LogP contribution >= 0.6 is 22.9 Å². The SMILES string of the molecule is INc1nc2ncncc2[nH]1. The number of aromatic nitrogens is 4. The molecule has 0 fully saturated rings. The zero-order chi connectivity index (χ0) is 7.68. The fraction of sp³-hybridized carbons (Fsp3) is 0. The zero-order valence-corrected chi connectivity index (χ0v) is 7.53. The van der Waals surface area contributed by atoms with Gasteiger partial charge in [0.1, 0.15) is 11.8 Å². The van der Waals surface area contributed by atoms with Crippen LogP contribution in [-0.2, 0) is 0 Å². The summed E-state index contributed by atoms with van der Waals surface area (Å²) in [5.41, 5.74) is 1.52. The van der Waals surface area contributed by atoms with Crippen LogP contribution in [0.5, 0.6) is 0 Å². The Morgan fingerprint density at radius 3 is 3.18 bits per heavy atom. The first-order chi connectivity index (χ1) is 5.40. The van der Waals surface area contributed by atoms with Crippen LogP contribution < -0.4 is 3.53 Å². The van der Waals surface area contributed by atoms with Gasteiger partial charge in [-0.3, -0.25) is 3.53 Å². The Balaban J connectivity index is 2.69. The zero-order valence-electron chi connectivity index (χ0n) is 5.37. The van der Waals surface area contributed by atoms with Crippen molar-refractivity contribution in [3.05, 3.63) is 12.5 Å². The average molecular weight is 261 g/mol. The van der Waals surface area contributed by atoms with Crippen molar-refractivity contribution >= 4 is 40.0 Å². The minimum atomic E-state index is 0.680. The van der Waals surface area contributed by atoms with Crippen molar-refractivity contribution in [3.8, 4) is 0 Å². The summed E-state index contributed by atoms with van der Waals surface area (Å²) in [6, 6.07) is 0. The number of hydrogen-bond donors (Lipinski definition) is 2. The molecule has 2 aromatic heterocycles. The van der Waals surface area contributed by atoms with Crippen molar-refractivity contribution in [2.45, 2.75) is 0 Å². The molecule has 0 radical (unpaired) electrons. The molecule has 11 heavy (non-hydrogen) atoms. The number of aromatic amines is 1. The minimum absolute atomic E-state index is 0.680. The lowest BCUT2D eigenvalue weighted by atomic mass is 10.6. The first kappa shape index (κ1) is 6.77. The quantitative estimate of drug-likeness (QED) is 0.596. The molecule has 2 heterocycles. The Hall–Kier alpha value is -0.920. The van der Waals surface area contributed by atoms with E-state index >= 15 is 0 Å². The average Bonchev–Trinajstić information content (AvgIpc) is 2.46. The third kappa shape index (κ3) is 1.13. The van der Waals surface area contributed by atoms with E-state index in [1.807, 2.05) is 22.9 Å². The number of halogens is 1. The Labute approximate surface area is 76.1 Å². The molecule has 0 spiro atoms. The van der Waals surface area contributed by atoms with Gasteiger partial charge in [-0.05, 0) is 0 Å². The van der Waals surface area contributed by atoms with Gasteiger partial charge < -0.3 is 4.98 Å². The molecule has 0 bridgehead atoms. The van der Waals surface area contributed by atoms with Gasteiger partial charge in [0.25, 0.3) is 0 Å². The summed E-state index contributed by atoms with van der Waals surface area (Å²) in [7, 11) is 0. The number of nitrogens with one attached hydrogen (secondary N) is 2. The summed E-state index contributed by atoms with van der Waals surface area (Å²) in [5, 5.41) is 0. The molecular formula is C5H4IN5. The van der Waals surface area contributed by atoms with Crippen LogP contribution in [0.1, 0.15) is 0 Å². The molecule has 0 aliphatic heterocycles. The smallest absolute Gasteiger partial charge is 0.211 e. The summed E-state index contributed by atoms with van der Waals surface area (Å²) >= 11 is 2.00. The highest BCUT2D eigenvalue weighted by molar-refractivity contribution is 14.1. The fourth-order valence-electron chi connectivity index (χ4n) is 0.807. The van der Waals surface area contributed by atoms with Crippen LogP contribution in [0.3, 0.4) is 0 Å². The molecule has 6 heteroatoms. The van der Waals surface area contributed by atoms with E-state index in [1.165, 1.54) is 6.33 Å². The monoisotopic (exact) mass is 261 g/mol. The molecule has 56 valence electrons. The van der Waals surface area contributed by atoms with Crippen molar-refractivity contribution in [1.29, 1.82) is 0 Å². The number of fused-ring (bicyclic) bond motifs is 1. The highest BCUT2D eigenvalue weighted by Crippen LogP contribution is 2.10. The van der Waals surface area contributed by atoms with Gasteiger partial charge in [0.05, 0.1) is 29.1 Å².